The van der Waals surface area contributed by atoms with Crippen LogP contribution in [0.1, 0.15) is 5.56 Å². The van der Waals surface area contributed by atoms with Gasteiger partial charge in [0.1, 0.15) is 0 Å². The van der Waals surface area contributed by atoms with E-state index in [1.807, 2.05) is 18.2 Å². The highest BCUT2D eigenvalue weighted by Gasteiger charge is 2.23. The quantitative estimate of drug-likeness (QED) is 0.534. The molecule has 0 unspecified atom stereocenters. The SMILES string of the molecule is CN=C(NCCc1ccccc1)NCCS(=O)(=O)N1CCOCC1. The number of nitrogens with zero attached hydrogens (tertiary/aromatic N) is 2. The molecule has 1 heterocycles. The molecule has 0 atom stereocenters. The van der Waals surface area contributed by atoms with Crippen LogP contribution < -0.4 is 10.6 Å². The smallest absolute Gasteiger partial charge is 0.215 e. The molecule has 0 spiro atoms. The third-order valence-corrected chi connectivity index (χ3v) is 5.66. The van der Waals surface area contributed by atoms with Gasteiger partial charge in [-0.15, -0.1) is 0 Å². The minimum atomic E-state index is -3.24. The first-order chi connectivity index (χ1) is 11.6. The zero-order chi connectivity index (χ0) is 17.3. The lowest BCUT2D eigenvalue weighted by Gasteiger charge is -2.26. The van der Waals surface area contributed by atoms with Crippen molar-refractivity contribution in [1.82, 2.24) is 14.9 Å². The van der Waals surface area contributed by atoms with Crippen molar-refractivity contribution in [3.05, 3.63) is 35.9 Å². The average Bonchev–Trinajstić information content (AvgIpc) is 2.62. The maximum absolute atomic E-state index is 12.2. The number of sulfonamides is 1. The molecule has 0 radical (unpaired) electrons. The van der Waals surface area contributed by atoms with Gasteiger partial charge in [0.25, 0.3) is 0 Å². The Kier molecular flexibility index (Phi) is 7.48. The highest BCUT2D eigenvalue weighted by Crippen LogP contribution is 2.04. The Bertz CT molecular complexity index is 613. The maximum Gasteiger partial charge on any atom is 0.215 e. The van der Waals surface area contributed by atoms with Crippen molar-refractivity contribution in [2.75, 3.05) is 52.2 Å². The predicted molar refractivity (Wildman–Crippen MR) is 95.7 cm³/mol. The molecule has 0 saturated carbocycles. The maximum atomic E-state index is 12.2. The molecule has 24 heavy (non-hydrogen) atoms. The van der Waals surface area contributed by atoms with E-state index in [1.54, 1.807) is 7.05 Å². The number of aliphatic imine (C=N–C) groups is 1. The van der Waals surface area contributed by atoms with Crippen LogP contribution in [-0.4, -0.2) is 70.9 Å². The van der Waals surface area contributed by atoms with E-state index >= 15 is 0 Å². The summed E-state index contributed by atoms with van der Waals surface area (Å²) in [6.45, 7) is 2.87. The molecule has 1 fully saturated rings. The molecule has 0 aromatic heterocycles. The Morgan fingerprint density at radius 1 is 1.17 bits per heavy atom. The second-order valence-electron chi connectivity index (χ2n) is 5.49. The van der Waals surface area contributed by atoms with Crippen molar-refractivity contribution >= 4 is 16.0 Å². The van der Waals surface area contributed by atoms with Gasteiger partial charge in [-0.2, -0.15) is 4.31 Å². The van der Waals surface area contributed by atoms with E-state index in [9.17, 15) is 8.42 Å². The molecule has 0 aliphatic carbocycles. The van der Waals surface area contributed by atoms with E-state index in [2.05, 4.69) is 27.8 Å². The molecule has 2 N–H and O–H groups in total. The molecule has 1 saturated heterocycles. The van der Waals surface area contributed by atoms with Crippen molar-refractivity contribution < 1.29 is 13.2 Å². The van der Waals surface area contributed by atoms with Crippen molar-refractivity contribution in [1.29, 1.82) is 0 Å². The summed E-state index contributed by atoms with van der Waals surface area (Å²) in [5.41, 5.74) is 1.25. The van der Waals surface area contributed by atoms with Crippen molar-refractivity contribution in [2.45, 2.75) is 6.42 Å². The molecule has 1 aliphatic rings. The molecule has 7 nitrogen and oxygen atoms in total. The van der Waals surface area contributed by atoms with Crippen LogP contribution in [0.3, 0.4) is 0 Å². The first-order valence-electron chi connectivity index (χ1n) is 8.16. The molecule has 0 amide bonds. The fraction of sp³-hybridized carbons (Fsp3) is 0.562. The van der Waals surface area contributed by atoms with Crippen LogP contribution >= 0.6 is 0 Å². The summed E-state index contributed by atoms with van der Waals surface area (Å²) in [6.07, 6.45) is 0.883. The van der Waals surface area contributed by atoms with Crippen LogP contribution in [0.4, 0.5) is 0 Å². The Morgan fingerprint density at radius 2 is 1.83 bits per heavy atom. The van der Waals surface area contributed by atoms with Gasteiger partial charge in [0.05, 0.1) is 19.0 Å². The lowest BCUT2D eigenvalue weighted by atomic mass is 10.1. The average molecular weight is 354 g/mol. The van der Waals surface area contributed by atoms with Crippen LogP contribution in [0.2, 0.25) is 0 Å². The van der Waals surface area contributed by atoms with Crippen LogP contribution in [0.25, 0.3) is 0 Å². The summed E-state index contributed by atoms with van der Waals surface area (Å²) in [5, 5.41) is 6.25. The fourth-order valence-corrected chi connectivity index (χ4v) is 3.77. The number of nitrogens with one attached hydrogen (secondary N) is 2. The van der Waals surface area contributed by atoms with E-state index in [0.29, 0.717) is 38.8 Å². The summed E-state index contributed by atoms with van der Waals surface area (Å²) >= 11 is 0. The van der Waals surface area contributed by atoms with Gasteiger partial charge in [-0.1, -0.05) is 30.3 Å². The number of morpholine rings is 1. The Labute approximate surface area is 144 Å². The van der Waals surface area contributed by atoms with E-state index in [0.717, 1.165) is 13.0 Å². The molecule has 1 aromatic rings. The number of guanidine groups is 1. The Hall–Kier alpha value is -1.64. The molecule has 1 aliphatic heterocycles. The molecule has 0 bridgehead atoms. The summed E-state index contributed by atoms with van der Waals surface area (Å²) in [7, 11) is -1.57. The summed E-state index contributed by atoms with van der Waals surface area (Å²) in [4.78, 5) is 4.12. The van der Waals surface area contributed by atoms with Gasteiger partial charge in [0.15, 0.2) is 5.96 Å². The lowest BCUT2D eigenvalue weighted by Crippen LogP contribution is -2.45. The van der Waals surface area contributed by atoms with Gasteiger partial charge in [0.2, 0.25) is 10.0 Å². The van der Waals surface area contributed by atoms with Crippen LogP contribution in [-0.2, 0) is 21.2 Å². The number of benzene rings is 1. The highest BCUT2D eigenvalue weighted by molar-refractivity contribution is 7.89. The second-order valence-corrected chi connectivity index (χ2v) is 7.58. The number of hydrogen-bond acceptors (Lipinski definition) is 4. The van der Waals surface area contributed by atoms with Crippen LogP contribution in [0.15, 0.2) is 35.3 Å². The molecule has 1 aromatic carbocycles. The third kappa shape index (κ3) is 6.10. The normalized spacial score (nSPS) is 16.8. The lowest BCUT2D eigenvalue weighted by molar-refractivity contribution is 0.0730. The molecule has 8 heteroatoms. The van der Waals surface area contributed by atoms with Gasteiger partial charge in [-0.05, 0) is 12.0 Å². The highest BCUT2D eigenvalue weighted by atomic mass is 32.2. The van der Waals surface area contributed by atoms with Crippen molar-refractivity contribution in [3.63, 3.8) is 0 Å². The predicted octanol–water partition coefficient (Wildman–Crippen LogP) is 0.0561. The molecule has 134 valence electrons. The number of hydrogen-bond donors (Lipinski definition) is 2. The van der Waals surface area contributed by atoms with Gasteiger partial charge in [-0.3, -0.25) is 4.99 Å². The van der Waals surface area contributed by atoms with Crippen molar-refractivity contribution in [3.8, 4) is 0 Å². The second kappa shape index (κ2) is 9.61. The topological polar surface area (TPSA) is 83.0 Å². The fourth-order valence-electron chi connectivity index (χ4n) is 2.44. The first-order valence-corrected chi connectivity index (χ1v) is 9.77. The monoisotopic (exact) mass is 354 g/mol. The van der Waals surface area contributed by atoms with E-state index in [4.69, 9.17) is 4.74 Å². The first kappa shape index (κ1) is 18.7. The minimum Gasteiger partial charge on any atom is -0.379 e. The molecular formula is C16H26N4O3S. The largest absolute Gasteiger partial charge is 0.379 e. The molecular weight excluding hydrogens is 328 g/mol. The summed E-state index contributed by atoms with van der Waals surface area (Å²) in [6, 6.07) is 10.2. The van der Waals surface area contributed by atoms with Gasteiger partial charge >= 0.3 is 0 Å². The standard InChI is InChI=1S/C16H26N4O3S/c1-17-16(18-8-7-15-5-3-2-4-6-15)19-9-14-24(21,22)20-10-12-23-13-11-20/h2-6H,7-14H2,1H3,(H2,17,18,19). The van der Waals surface area contributed by atoms with Crippen LogP contribution in [0.5, 0.6) is 0 Å². The number of ether oxygens (including phenoxy) is 1. The van der Waals surface area contributed by atoms with Gasteiger partial charge in [0, 0.05) is 33.2 Å². The zero-order valence-electron chi connectivity index (χ0n) is 14.1. The van der Waals surface area contributed by atoms with E-state index < -0.39 is 10.0 Å². The summed E-state index contributed by atoms with van der Waals surface area (Å²) in [5.74, 6) is 0.662. The molecule has 2 rings (SSSR count). The zero-order valence-corrected chi connectivity index (χ0v) is 14.9. The van der Waals surface area contributed by atoms with Crippen molar-refractivity contribution in [2.24, 2.45) is 4.99 Å². The minimum absolute atomic E-state index is 0.0480. The van der Waals surface area contributed by atoms with Gasteiger partial charge in [-0.25, -0.2) is 8.42 Å². The third-order valence-electron chi connectivity index (χ3n) is 3.79. The number of rotatable bonds is 7. The van der Waals surface area contributed by atoms with E-state index in [-0.39, 0.29) is 5.75 Å². The Morgan fingerprint density at radius 3 is 2.50 bits per heavy atom. The van der Waals surface area contributed by atoms with Gasteiger partial charge < -0.3 is 15.4 Å². The van der Waals surface area contributed by atoms with E-state index in [1.165, 1.54) is 9.87 Å². The van der Waals surface area contributed by atoms with Crippen LogP contribution in [0, 0.1) is 0 Å². The summed E-state index contributed by atoms with van der Waals surface area (Å²) < 4.78 is 31.1. The Balaban J connectivity index is 1.69.